The molecule has 0 aliphatic heterocycles. The summed E-state index contributed by atoms with van der Waals surface area (Å²) >= 11 is 1.36. The SMILES string of the molecule is CCCCCOc1cccc(C(=O)N=c2sc3cc(C(=O)OCC)ccc3n2C)c1. The number of esters is 1. The van der Waals surface area contributed by atoms with Crippen molar-refractivity contribution in [3.05, 3.63) is 58.4 Å². The minimum Gasteiger partial charge on any atom is -0.494 e. The highest BCUT2D eigenvalue weighted by Gasteiger charge is 2.12. The fraction of sp³-hybridized carbons (Fsp3) is 0.348. The van der Waals surface area contributed by atoms with Crippen LogP contribution in [0.15, 0.2) is 47.5 Å². The van der Waals surface area contributed by atoms with Crippen molar-refractivity contribution in [3.8, 4) is 5.75 Å². The van der Waals surface area contributed by atoms with Gasteiger partial charge in [0.05, 0.1) is 29.0 Å². The van der Waals surface area contributed by atoms with Crippen molar-refractivity contribution in [2.24, 2.45) is 12.0 Å². The van der Waals surface area contributed by atoms with E-state index < -0.39 is 0 Å². The van der Waals surface area contributed by atoms with E-state index in [2.05, 4.69) is 11.9 Å². The van der Waals surface area contributed by atoms with Crippen molar-refractivity contribution in [2.75, 3.05) is 13.2 Å². The lowest BCUT2D eigenvalue weighted by Gasteiger charge is -2.06. The number of carbonyl (C=O) groups is 2. The predicted molar refractivity (Wildman–Crippen MR) is 118 cm³/mol. The van der Waals surface area contributed by atoms with Crippen molar-refractivity contribution < 1.29 is 19.1 Å². The minimum atomic E-state index is -0.360. The number of amides is 1. The molecule has 0 aliphatic rings. The highest BCUT2D eigenvalue weighted by atomic mass is 32.1. The Labute approximate surface area is 179 Å². The highest BCUT2D eigenvalue weighted by Crippen LogP contribution is 2.20. The highest BCUT2D eigenvalue weighted by molar-refractivity contribution is 7.16. The molecule has 7 heteroatoms. The molecule has 3 rings (SSSR count). The van der Waals surface area contributed by atoms with E-state index in [1.165, 1.54) is 11.3 Å². The molecule has 0 bridgehead atoms. The zero-order valence-corrected chi connectivity index (χ0v) is 18.3. The quantitative estimate of drug-likeness (QED) is 0.386. The molecule has 1 heterocycles. The van der Waals surface area contributed by atoms with Crippen LogP contribution in [0.3, 0.4) is 0 Å². The fourth-order valence-electron chi connectivity index (χ4n) is 2.99. The van der Waals surface area contributed by atoms with Gasteiger partial charge in [-0.1, -0.05) is 37.2 Å². The Kier molecular flexibility index (Phi) is 7.41. The van der Waals surface area contributed by atoms with Gasteiger partial charge < -0.3 is 14.0 Å². The smallest absolute Gasteiger partial charge is 0.338 e. The molecule has 2 aromatic carbocycles. The zero-order valence-electron chi connectivity index (χ0n) is 17.5. The Morgan fingerprint density at radius 1 is 1.07 bits per heavy atom. The number of aromatic nitrogens is 1. The second kappa shape index (κ2) is 10.2. The third kappa shape index (κ3) is 5.16. The summed E-state index contributed by atoms with van der Waals surface area (Å²) in [5.74, 6) is -0.0190. The monoisotopic (exact) mass is 426 g/mol. The summed E-state index contributed by atoms with van der Waals surface area (Å²) in [5.41, 5.74) is 1.86. The number of hydrogen-bond donors (Lipinski definition) is 0. The molecule has 6 nitrogen and oxygen atoms in total. The summed E-state index contributed by atoms with van der Waals surface area (Å²) < 4.78 is 13.5. The number of fused-ring (bicyclic) bond motifs is 1. The van der Waals surface area contributed by atoms with Crippen molar-refractivity contribution in [2.45, 2.75) is 33.1 Å². The first-order valence-electron chi connectivity index (χ1n) is 10.1. The van der Waals surface area contributed by atoms with Crippen molar-refractivity contribution in [1.82, 2.24) is 4.57 Å². The standard InChI is InChI=1S/C23H26N2O4S/c1-4-6-7-13-29-18-10-8-9-16(14-18)21(26)24-23-25(3)19-12-11-17(15-20(19)30-23)22(27)28-5-2/h8-12,14-15H,4-7,13H2,1-3H3. The maximum absolute atomic E-state index is 12.7. The van der Waals surface area contributed by atoms with E-state index >= 15 is 0 Å². The van der Waals surface area contributed by atoms with E-state index in [-0.39, 0.29) is 11.9 Å². The largest absolute Gasteiger partial charge is 0.494 e. The van der Waals surface area contributed by atoms with Gasteiger partial charge in [0.1, 0.15) is 5.75 Å². The second-order valence-corrected chi connectivity index (χ2v) is 7.86. The summed E-state index contributed by atoms with van der Waals surface area (Å²) in [7, 11) is 1.85. The van der Waals surface area contributed by atoms with E-state index in [1.54, 1.807) is 37.3 Å². The molecule has 0 N–H and O–H groups in total. The lowest BCUT2D eigenvalue weighted by atomic mass is 10.2. The molecular formula is C23H26N2O4S. The van der Waals surface area contributed by atoms with Crippen LogP contribution in [0.2, 0.25) is 0 Å². The van der Waals surface area contributed by atoms with Crippen LogP contribution >= 0.6 is 11.3 Å². The predicted octanol–water partition coefficient (Wildman–Crippen LogP) is 4.73. The number of ether oxygens (including phenoxy) is 2. The number of hydrogen-bond acceptors (Lipinski definition) is 5. The van der Waals surface area contributed by atoms with Gasteiger partial charge in [-0.25, -0.2) is 4.79 Å². The van der Waals surface area contributed by atoms with Crippen LogP contribution in [0, 0.1) is 0 Å². The van der Waals surface area contributed by atoms with Gasteiger partial charge in [-0.2, -0.15) is 4.99 Å². The summed E-state index contributed by atoms with van der Waals surface area (Å²) in [6.07, 6.45) is 3.24. The Bertz CT molecular complexity index is 1110. The molecule has 0 radical (unpaired) electrons. The summed E-state index contributed by atoms with van der Waals surface area (Å²) in [6.45, 7) is 4.88. The van der Waals surface area contributed by atoms with Crippen LogP contribution in [-0.2, 0) is 11.8 Å². The van der Waals surface area contributed by atoms with Crippen molar-refractivity contribution >= 4 is 33.4 Å². The van der Waals surface area contributed by atoms with E-state index in [0.29, 0.717) is 34.9 Å². The van der Waals surface area contributed by atoms with Gasteiger partial charge in [0.2, 0.25) is 0 Å². The van der Waals surface area contributed by atoms with Gasteiger partial charge in [-0.15, -0.1) is 0 Å². The number of rotatable bonds is 8. The van der Waals surface area contributed by atoms with Crippen LogP contribution in [0.1, 0.15) is 53.8 Å². The number of nitrogens with zero attached hydrogens (tertiary/aromatic N) is 2. The van der Waals surface area contributed by atoms with Crippen LogP contribution in [-0.4, -0.2) is 29.7 Å². The second-order valence-electron chi connectivity index (χ2n) is 6.85. The molecule has 0 atom stereocenters. The normalized spacial score (nSPS) is 11.6. The van der Waals surface area contributed by atoms with Gasteiger partial charge in [0.15, 0.2) is 4.80 Å². The van der Waals surface area contributed by atoms with Gasteiger partial charge >= 0.3 is 5.97 Å². The lowest BCUT2D eigenvalue weighted by Crippen LogP contribution is -2.13. The van der Waals surface area contributed by atoms with E-state index in [9.17, 15) is 9.59 Å². The average Bonchev–Trinajstić information content (AvgIpc) is 3.06. The van der Waals surface area contributed by atoms with E-state index in [4.69, 9.17) is 9.47 Å². The van der Waals surface area contributed by atoms with Gasteiger partial charge in [-0.3, -0.25) is 4.79 Å². The Morgan fingerprint density at radius 3 is 2.67 bits per heavy atom. The van der Waals surface area contributed by atoms with Gasteiger partial charge in [0.25, 0.3) is 5.91 Å². The first-order chi connectivity index (χ1) is 14.5. The summed E-state index contributed by atoms with van der Waals surface area (Å²) in [4.78, 5) is 29.6. The third-order valence-corrected chi connectivity index (χ3v) is 5.71. The molecule has 0 spiro atoms. The topological polar surface area (TPSA) is 69.9 Å². The first kappa shape index (κ1) is 21.8. The maximum Gasteiger partial charge on any atom is 0.338 e. The van der Waals surface area contributed by atoms with Crippen LogP contribution in [0.25, 0.3) is 10.2 Å². The van der Waals surface area contributed by atoms with Crippen molar-refractivity contribution in [3.63, 3.8) is 0 Å². The number of aryl methyl sites for hydroxylation is 1. The van der Waals surface area contributed by atoms with E-state index in [1.807, 2.05) is 23.7 Å². The lowest BCUT2D eigenvalue weighted by molar-refractivity contribution is 0.0526. The van der Waals surface area contributed by atoms with E-state index in [0.717, 1.165) is 29.5 Å². The molecule has 1 aromatic heterocycles. The maximum atomic E-state index is 12.7. The number of unbranched alkanes of at least 4 members (excludes halogenated alkanes) is 2. The third-order valence-electron chi connectivity index (χ3n) is 4.62. The molecule has 0 aliphatic carbocycles. The molecule has 0 saturated heterocycles. The minimum absolute atomic E-state index is 0.325. The van der Waals surface area contributed by atoms with Crippen LogP contribution in [0.5, 0.6) is 5.75 Å². The molecule has 0 saturated carbocycles. The molecular weight excluding hydrogens is 400 g/mol. The summed E-state index contributed by atoms with van der Waals surface area (Å²) in [6, 6.07) is 12.4. The first-order valence-corrected chi connectivity index (χ1v) is 10.9. The molecule has 1 amide bonds. The fourth-order valence-corrected chi connectivity index (χ4v) is 4.05. The molecule has 158 valence electrons. The summed E-state index contributed by atoms with van der Waals surface area (Å²) in [5, 5.41) is 0. The van der Waals surface area contributed by atoms with Gasteiger partial charge in [0, 0.05) is 12.6 Å². The average molecular weight is 427 g/mol. The number of thiazole rings is 1. The molecule has 0 fully saturated rings. The van der Waals surface area contributed by atoms with Crippen molar-refractivity contribution in [1.29, 1.82) is 0 Å². The number of carbonyl (C=O) groups excluding carboxylic acids is 2. The Morgan fingerprint density at radius 2 is 1.90 bits per heavy atom. The molecule has 3 aromatic rings. The Hall–Kier alpha value is -2.93. The molecule has 0 unspecified atom stereocenters. The van der Waals surface area contributed by atoms with Crippen LogP contribution in [0.4, 0.5) is 0 Å². The zero-order chi connectivity index (χ0) is 21.5. The Balaban J connectivity index is 1.84. The number of benzene rings is 2. The van der Waals surface area contributed by atoms with Crippen LogP contribution < -0.4 is 9.54 Å². The van der Waals surface area contributed by atoms with Gasteiger partial charge in [-0.05, 0) is 49.7 Å². The molecule has 30 heavy (non-hydrogen) atoms.